The van der Waals surface area contributed by atoms with E-state index in [0.29, 0.717) is 11.1 Å². The van der Waals surface area contributed by atoms with Crippen molar-refractivity contribution >= 4 is 5.97 Å². The lowest BCUT2D eigenvalue weighted by Crippen LogP contribution is -2.11. The fourth-order valence-corrected chi connectivity index (χ4v) is 1.39. The molecule has 2 nitrogen and oxygen atoms in total. The van der Waals surface area contributed by atoms with E-state index in [9.17, 15) is 9.18 Å². The van der Waals surface area contributed by atoms with Crippen molar-refractivity contribution in [3.63, 3.8) is 0 Å². The lowest BCUT2D eigenvalue weighted by molar-refractivity contribution is -0.136. The summed E-state index contributed by atoms with van der Waals surface area (Å²) in [5, 5.41) is 8.69. The van der Waals surface area contributed by atoms with Gasteiger partial charge in [-0.2, -0.15) is 0 Å². The fraction of sp³-hybridized carbons (Fsp3) is 0.417. The van der Waals surface area contributed by atoms with Gasteiger partial charge in [-0.1, -0.05) is 18.2 Å². The molecule has 1 rings (SSSR count). The highest BCUT2D eigenvalue weighted by Crippen LogP contribution is 2.26. The number of alkyl halides is 1. The van der Waals surface area contributed by atoms with Crippen LogP contribution in [0.4, 0.5) is 4.39 Å². The van der Waals surface area contributed by atoms with Gasteiger partial charge in [0, 0.05) is 0 Å². The Morgan fingerprint density at radius 3 is 2.53 bits per heavy atom. The predicted molar refractivity (Wildman–Crippen MR) is 56.7 cm³/mol. The standard InChI is InChI=1S/C12H15FO2/c1-8-4-5-10(12(2,3)13)6-9(8)7-11(14)15/h4-6H,7H2,1-3H3,(H,14,15). The summed E-state index contributed by atoms with van der Waals surface area (Å²) in [6, 6.07) is 5.08. The van der Waals surface area contributed by atoms with E-state index in [2.05, 4.69) is 0 Å². The molecule has 0 aromatic heterocycles. The Bertz CT molecular complexity index is 378. The van der Waals surface area contributed by atoms with Crippen LogP contribution < -0.4 is 0 Å². The molecule has 1 aromatic carbocycles. The molecule has 1 N–H and O–H groups in total. The number of hydrogen-bond acceptors (Lipinski definition) is 1. The van der Waals surface area contributed by atoms with Crippen LogP contribution in [0.1, 0.15) is 30.5 Å². The first-order valence-electron chi connectivity index (χ1n) is 4.81. The predicted octanol–water partition coefficient (Wildman–Crippen LogP) is 2.83. The molecule has 0 bridgehead atoms. The molecule has 0 fully saturated rings. The Morgan fingerprint density at radius 1 is 1.47 bits per heavy atom. The highest BCUT2D eigenvalue weighted by molar-refractivity contribution is 5.70. The highest BCUT2D eigenvalue weighted by Gasteiger charge is 2.19. The Morgan fingerprint density at radius 2 is 2.07 bits per heavy atom. The molecule has 0 heterocycles. The first-order chi connectivity index (χ1) is 6.80. The molecular weight excluding hydrogens is 195 g/mol. The van der Waals surface area contributed by atoms with E-state index in [-0.39, 0.29) is 6.42 Å². The van der Waals surface area contributed by atoms with Crippen molar-refractivity contribution in [3.05, 3.63) is 34.9 Å². The fourth-order valence-electron chi connectivity index (χ4n) is 1.39. The Kier molecular flexibility index (Phi) is 3.12. The monoisotopic (exact) mass is 210 g/mol. The van der Waals surface area contributed by atoms with Crippen molar-refractivity contribution in [2.24, 2.45) is 0 Å². The second-order valence-electron chi connectivity index (χ2n) is 4.18. The van der Waals surface area contributed by atoms with Crippen molar-refractivity contribution in [3.8, 4) is 0 Å². The quantitative estimate of drug-likeness (QED) is 0.832. The zero-order valence-electron chi connectivity index (χ0n) is 9.17. The molecule has 0 atom stereocenters. The van der Waals surface area contributed by atoms with Crippen LogP contribution in [-0.2, 0) is 16.9 Å². The average Bonchev–Trinajstić information content (AvgIpc) is 2.06. The van der Waals surface area contributed by atoms with E-state index in [4.69, 9.17) is 5.11 Å². The van der Waals surface area contributed by atoms with E-state index < -0.39 is 11.6 Å². The normalized spacial score (nSPS) is 11.5. The van der Waals surface area contributed by atoms with Crippen molar-refractivity contribution in [1.82, 2.24) is 0 Å². The Hall–Kier alpha value is -1.38. The van der Waals surface area contributed by atoms with Crippen LogP contribution in [0.3, 0.4) is 0 Å². The van der Waals surface area contributed by atoms with Gasteiger partial charge in [-0.25, -0.2) is 4.39 Å². The maximum absolute atomic E-state index is 13.6. The molecule has 0 radical (unpaired) electrons. The number of halogens is 1. The Balaban J connectivity index is 3.11. The molecule has 0 saturated heterocycles. The zero-order chi connectivity index (χ0) is 11.6. The van der Waals surface area contributed by atoms with Crippen molar-refractivity contribution in [2.75, 3.05) is 0 Å². The van der Waals surface area contributed by atoms with E-state index in [1.54, 1.807) is 18.2 Å². The van der Waals surface area contributed by atoms with E-state index in [1.807, 2.05) is 6.92 Å². The number of carboxylic acids is 1. The lowest BCUT2D eigenvalue weighted by atomic mass is 9.94. The van der Waals surface area contributed by atoms with Gasteiger partial charge in [0.1, 0.15) is 5.67 Å². The summed E-state index contributed by atoms with van der Waals surface area (Å²) in [5.41, 5.74) is 0.640. The topological polar surface area (TPSA) is 37.3 Å². The summed E-state index contributed by atoms with van der Waals surface area (Å²) < 4.78 is 13.6. The second kappa shape index (κ2) is 4.01. The van der Waals surface area contributed by atoms with Gasteiger partial charge in [0.15, 0.2) is 0 Å². The number of carbonyl (C=O) groups is 1. The molecule has 82 valence electrons. The Labute approximate surface area is 88.7 Å². The number of aryl methyl sites for hydroxylation is 1. The number of rotatable bonds is 3. The van der Waals surface area contributed by atoms with Crippen molar-refractivity contribution in [1.29, 1.82) is 0 Å². The number of aliphatic carboxylic acids is 1. The van der Waals surface area contributed by atoms with Gasteiger partial charge in [0.2, 0.25) is 0 Å². The van der Waals surface area contributed by atoms with Crippen molar-refractivity contribution in [2.45, 2.75) is 32.9 Å². The van der Waals surface area contributed by atoms with Gasteiger partial charge in [0.05, 0.1) is 6.42 Å². The van der Waals surface area contributed by atoms with Crippen LogP contribution >= 0.6 is 0 Å². The molecule has 0 amide bonds. The molecule has 0 unspecified atom stereocenters. The van der Waals surface area contributed by atoms with Crippen LogP contribution in [0.2, 0.25) is 0 Å². The van der Waals surface area contributed by atoms with E-state index in [1.165, 1.54) is 13.8 Å². The van der Waals surface area contributed by atoms with Gasteiger partial charge in [-0.15, -0.1) is 0 Å². The highest BCUT2D eigenvalue weighted by atomic mass is 19.1. The smallest absolute Gasteiger partial charge is 0.307 e. The zero-order valence-corrected chi connectivity index (χ0v) is 9.17. The summed E-state index contributed by atoms with van der Waals surface area (Å²) in [7, 11) is 0. The van der Waals surface area contributed by atoms with Gasteiger partial charge in [0.25, 0.3) is 0 Å². The summed E-state index contributed by atoms with van der Waals surface area (Å²) in [6.45, 7) is 4.75. The molecule has 15 heavy (non-hydrogen) atoms. The minimum Gasteiger partial charge on any atom is -0.481 e. The minimum absolute atomic E-state index is 0.0598. The summed E-state index contributed by atoms with van der Waals surface area (Å²) in [5.74, 6) is -0.896. The molecule has 0 aliphatic rings. The van der Waals surface area contributed by atoms with Crippen LogP contribution in [0.25, 0.3) is 0 Å². The third-order valence-corrected chi connectivity index (χ3v) is 2.38. The van der Waals surface area contributed by atoms with Crippen LogP contribution in [-0.4, -0.2) is 11.1 Å². The van der Waals surface area contributed by atoms with Crippen LogP contribution in [0.15, 0.2) is 18.2 Å². The van der Waals surface area contributed by atoms with Gasteiger partial charge in [-0.05, 0) is 37.5 Å². The third kappa shape index (κ3) is 3.05. The molecule has 0 saturated carbocycles. The van der Waals surface area contributed by atoms with Gasteiger partial charge < -0.3 is 5.11 Å². The molecule has 3 heteroatoms. The third-order valence-electron chi connectivity index (χ3n) is 2.38. The molecule has 0 aliphatic carbocycles. The minimum atomic E-state index is -1.43. The van der Waals surface area contributed by atoms with Crippen molar-refractivity contribution < 1.29 is 14.3 Å². The molecule has 1 aromatic rings. The van der Waals surface area contributed by atoms with Gasteiger partial charge >= 0.3 is 5.97 Å². The van der Waals surface area contributed by atoms with E-state index >= 15 is 0 Å². The van der Waals surface area contributed by atoms with E-state index in [0.717, 1.165) is 5.56 Å². The second-order valence-corrected chi connectivity index (χ2v) is 4.18. The van der Waals surface area contributed by atoms with Crippen LogP contribution in [0.5, 0.6) is 0 Å². The SMILES string of the molecule is Cc1ccc(C(C)(C)F)cc1CC(=O)O. The molecule has 0 aliphatic heterocycles. The number of benzene rings is 1. The lowest BCUT2D eigenvalue weighted by Gasteiger charge is -2.16. The summed E-state index contributed by atoms with van der Waals surface area (Å²) in [4.78, 5) is 10.6. The molecular formula is C12H15FO2. The molecule has 0 spiro atoms. The maximum atomic E-state index is 13.6. The first kappa shape index (κ1) is 11.7. The number of carboxylic acid groups (broad SMARTS) is 1. The number of hydrogen-bond donors (Lipinski definition) is 1. The average molecular weight is 210 g/mol. The first-order valence-corrected chi connectivity index (χ1v) is 4.81. The maximum Gasteiger partial charge on any atom is 0.307 e. The largest absolute Gasteiger partial charge is 0.481 e. The van der Waals surface area contributed by atoms with Crippen LogP contribution in [0, 0.1) is 6.92 Å². The van der Waals surface area contributed by atoms with Gasteiger partial charge in [-0.3, -0.25) is 4.79 Å². The summed E-state index contributed by atoms with van der Waals surface area (Å²) in [6.07, 6.45) is -0.0598. The summed E-state index contributed by atoms with van der Waals surface area (Å²) >= 11 is 0.